The molecule has 1 saturated heterocycles. The fourth-order valence-corrected chi connectivity index (χ4v) is 5.13. The molecule has 0 radical (unpaired) electrons. The number of nitrogens with zero attached hydrogens (tertiary/aromatic N) is 3. The maximum Gasteiger partial charge on any atom is 0.337 e. The first-order chi connectivity index (χ1) is 18.9. The second-order valence-electron chi connectivity index (χ2n) is 9.33. The normalized spacial score (nSPS) is 16.6. The number of methoxy groups -OCH3 is 1. The molecular formula is C30H29N5O3S. The van der Waals surface area contributed by atoms with Gasteiger partial charge in [0, 0.05) is 42.4 Å². The molecule has 0 aliphatic carbocycles. The summed E-state index contributed by atoms with van der Waals surface area (Å²) >= 11 is 5.78. The number of esters is 1. The molecule has 5 rings (SSSR count). The van der Waals surface area contributed by atoms with Crippen molar-refractivity contribution in [3.8, 4) is 5.69 Å². The Hall–Kier alpha value is -4.50. The SMILES string of the molecule is COC(=O)c1ccc(-n2cccc2[C@H]2[C@@H](c3ccccn3)NC(=S)N2CCC(=O)Nc2ccc(C)cc2)cc1. The number of pyridine rings is 1. The molecule has 198 valence electrons. The Morgan fingerprint density at radius 2 is 1.79 bits per heavy atom. The van der Waals surface area contributed by atoms with Crippen LogP contribution in [0, 0.1) is 6.92 Å². The van der Waals surface area contributed by atoms with Crippen molar-refractivity contribution in [2.75, 3.05) is 19.0 Å². The van der Waals surface area contributed by atoms with Gasteiger partial charge in [-0.15, -0.1) is 0 Å². The molecule has 2 N–H and O–H groups in total. The minimum Gasteiger partial charge on any atom is -0.465 e. The lowest BCUT2D eigenvalue weighted by molar-refractivity contribution is -0.116. The lowest BCUT2D eigenvalue weighted by Gasteiger charge is -2.29. The molecule has 2 aromatic heterocycles. The van der Waals surface area contributed by atoms with Crippen molar-refractivity contribution in [2.45, 2.75) is 25.4 Å². The average Bonchev–Trinajstić information content (AvgIpc) is 3.57. The summed E-state index contributed by atoms with van der Waals surface area (Å²) in [6.45, 7) is 2.43. The number of benzene rings is 2. The Balaban J connectivity index is 1.43. The Morgan fingerprint density at radius 3 is 2.49 bits per heavy atom. The molecule has 1 aliphatic rings. The third-order valence-corrected chi connectivity index (χ3v) is 7.12. The van der Waals surface area contributed by atoms with Crippen molar-refractivity contribution in [2.24, 2.45) is 0 Å². The number of aromatic nitrogens is 2. The predicted molar refractivity (Wildman–Crippen MR) is 154 cm³/mol. The average molecular weight is 540 g/mol. The highest BCUT2D eigenvalue weighted by atomic mass is 32.1. The summed E-state index contributed by atoms with van der Waals surface area (Å²) < 4.78 is 6.90. The van der Waals surface area contributed by atoms with Crippen molar-refractivity contribution in [1.82, 2.24) is 19.8 Å². The minimum absolute atomic E-state index is 0.0875. The third-order valence-electron chi connectivity index (χ3n) is 6.76. The van der Waals surface area contributed by atoms with Crippen LogP contribution in [0.3, 0.4) is 0 Å². The van der Waals surface area contributed by atoms with Gasteiger partial charge in [-0.25, -0.2) is 4.79 Å². The number of carbonyl (C=O) groups excluding carboxylic acids is 2. The van der Waals surface area contributed by atoms with Crippen LogP contribution >= 0.6 is 12.2 Å². The molecule has 1 amide bonds. The van der Waals surface area contributed by atoms with Crippen LogP contribution in [-0.2, 0) is 9.53 Å². The number of nitrogens with one attached hydrogen (secondary N) is 2. The van der Waals surface area contributed by atoms with Crippen LogP contribution in [0.2, 0.25) is 0 Å². The molecule has 3 heterocycles. The van der Waals surface area contributed by atoms with E-state index in [0.29, 0.717) is 17.2 Å². The molecule has 39 heavy (non-hydrogen) atoms. The van der Waals surface area contributed by atoms with Gasteiger partial charge >= 0.3 is 5.97 Å². The predicted octanol–water partition coefficient (Wildman–Crippen LogP) is 4.97. The van der Waals surface area contributed by atoms with Crippen LogP contribution < -0.4 is 10.6 Å². The van der Waals surface area contributed by atoms with E-state index < -0.39 is 0 Å². The fourth-order valence-electron chi connectivity index (χ4n) is 4.80. The topological polar surface area (TPSA) is 88.5 Å². The summed E-state index contributed by atoms with van der Waals surface area (Å²) in [5.74, 6) is -0.472. The summed E-state index contributed by atoms with van der Waals surface area (Å²) in [6, 6.07) is 24.3. The molecule has 0 spiro atoms. The highest BCUT2D eigenvalue weighted by molar-refractivity contribution is 7.80. The summed E-state index contributed by atoms with van der Waals surface area (Å²) in [5, 5.41) is 6.97. The highest BCUT2D eigenvalue weighted by Gasteiger charge is 2.41. The molecule has 8 nitrogen and oxygen atoms in total. The van der Waals surface area contributed by atoms with Crippen molar-refractivity contribution in [3.63, 3.8) is 0 Å². The molecule has 2 aromatic carbocycles. The van der Waals surface area contributed by atoms with Crippen LogP contribution in [0.5, 0.6) is 0 Å². The van der Waals surface area contributed by atoms with E-state index in [1.807, 2.05) is 79.9 Å². The molecule has 1 fully saturated rings. The van der Waals surface area contributed by atoms with E-state index in [-0.39, 0.29) is 30.4 Å². The van der Waals surface area contributed by atoms with Gasteiger partial charge in [-0.3, -0.25) is 9.78 Å². The third kappa shape index (κ3) is 5.68. The van der Waals surface area contributed by atoms with E-state index in [9.17, 15) is 9.59 Å². The fraction of sp³-hybridized carbons (Fsp3) is 0.200. The molecule has 0 saturated carbocycles. The zero-order chi connectivity index (χ0) is 27.4. The van der Waals surface area contributed by atoms with Crippen molar-refractivity contribution in [1.29, 1.82) is 0 Å². The summed E-state index contributed by atoms with van der Waals surface area (Å²) in [6.07, 6.45) is 4.00. The first-order valence-corrected chi connectivity index (χ1v) is 13.1. The van der Waals surface area contributed by atoms with Gasteiger partial charge < -0.3 is 24.8 Å². The van der Waals surface area contributed by atoms with Gasteiger partial charge in [-0.2, -0.15) is 0 Å². The van der Waals surface area contributed by atoms with Crippen molar-refractivity contribution >= 4 is 34.9 Å². The number of hydrogen-bond donors (Lipinski definition) is 2. The quantitative estimate of drug-likeness (QED) is 0.241. The molecule has 1 aliphatic heterocycles. The van der Waals surface area contributed by atoms with Gasteiger partial charge in [0.1, 0.15) is 0 Å². The van der Waals surface area contributed by atoms with E-state index in [2.05, 4.69) is 25.1 Å². The molecule has 9 heteroatoms. The maximum absolute atomic E-state index is 12.8. The lowest BCUT2D eigenvalue weighted by Crippen LogP contribution is -2.33. The van der Waals surface area contributed by atoms with E-state index in [1.54, 1.807) is 18.3 Å². The zero-order valence-corrected chi connectivity index (χ0v) is 22.5. The second-order valence-corrected chi connectivity index (χ2v) is 9.71. The zero-order valence-electron chi connectivity index (χ0n) is 21.7. The lowest BCUT2D eigenvalue weighted by atomic mass is 10.0. The number of thiocarbonyl (C=S) groups is 1. The van der Waals surface area contributed by atoms with Gasteiger partial charge in [0.2, 0.25) is 5.91 Å². The van der Waals surface area contributed by atoms with Crippen LogP contribution in [-0.4, -0.2) is 45.1 Å². The van der Waals surface area contributed by atoms with E-state index in [4.69, 9.17) is 17.0 Å². The van der Waals surface area contributed by atoms with E-state index in [0.717, 1.165) is 28.3 Å². The molecule has 0 bridgehead atoms. The Labute approximate surface area is 232 Å². The second kappa shape index (κ2) is 11.5. The number of anilines is 1. The first kappa shape index (κ1) is 26.1. The number of amides is 1. The summed E-state index contributed by atoms with van der Waals surface area (Å²) in [5.41, 5.74) is 5.09. The Bertz CT molecular complexity index is 1470. The van der Waals surface area contributed by atoms with Crippen LogP contribution in [0.25, 0.3) is 5.69 Å². The molecular weight excluding hydrogens is 510 g/mol. The number of hydrogen-bond acceptors (Lipinski definition) is 5. The van der Waals surface area contributed by atoms with Crippen LogP contribution in [0.15, 0.2) is 91.3 Å². The van der Waals surface area contributed by atoms with Gasteiger partial charge in [0.15, 0.2) is 5.11 Å². The highest BCUT2D eigenvalue weighted by Crippen LogP contribution is 2.39. The Morgan fingerprint density at radius 1 is 1.03 bits per heavy atom. The smallest absolute Gasteiger partial charge is 0.337 e. The Kier molecular flexibility index (Phi) is 7.69. The van der Waals surface area contributed by atoms with Gasteiger partial charge in [0.05, 0.1) is 30.5 Å². The van der Waals surface area contributed by atoms with Crippen LogP contribution in [0.1, 0.15) is 45.8 Å². The largest absolute Gasteiger partial charge is 0.465 e. The van der Waals surface area contributed by atoms with Crippen LogP contribution in [0.4, 0.5) is 5.69 Å². The number of rotatable bonds is 8. The molecule has 4 aromatic rings. The van der Waals surface area contributed by atoms with Crippen molar-refractivity contribution in [3.05, 3.63) is 114 Å². The molecule has 2 atom stereocenters. The standard InChI is InChI=1S/C30H29N5O3S/c1-20-8-12-22(13-9-20)32-26(36)16-19-35-28(27(33-30(35)39)24-6-3-4-17-31-24)25-7-5-18-34(25)23-14-10-21(11-15-23)29(37)38-2/h3-15,17-18,27-28H,16,19H2,1-2H3,(H,32,36)(H,33,39)/t27-,28+/m1/s1. The maximum atomic E-state index is 12.8. The van der Waals surface area contributed by atoms with Gasteiger partial charge in [-0.05, 0) is 79.8 Å². The van der Waals surface area contributed by atoms with E-state index in [1.165, 1.54) is 7.11 Å². The summed E-state index contributed by atoms with van der Waals surface area (Å²) in [4.78, 5) is 31.4. The monoisotopic (exact) mass is 539 g/mol. The number of aryl methyl sites for hydroxylation is 1. The van der Waals surface area contributed by atoms with Gasteiger partial charge in [0.25, 0.3) is 0 Å². The first-order valence-electron chi connectivity index (χ1n) is 12.6. The summed E-state index contributed by atoms with van der Waals surface area (Å²) in [7, 11) is 1.36. The minimum atomic E-state index is -0.384. The molecule has 0 unspecified atom stereocenters. The van der Waals surface area contributed by atoms with Crippen molar-refractivity contribution < 1.29 is 14.3 Å². The number of ether oxygens (including phenoxy) is 1. The number of carbonyl (C=O) groups is 2. The van der Waals surface area contributed by atoms with E-state index >= 15 is 0 Å². The van der Waals surface area contributed by atoms with Gasteiger partial charge in [-0.1, -0.05) is 23.8 Å².